The first kappa shape index (κ1) is 21.5. The van der Waals surface area contributed by atoms with Crippen molar-refractivity contribution in [3.8, 4) is 5.88 Å². The zero-order valence-electron chi connectivity index (χ0n) is 16.7. The molecule has 156 valence electrons. The zero-order chi connectivity index (χ0) is 21.0. The molecule has 0 spiro atoms. The number of hydrogen-bond donors (Lipinski definition) is 0. The molecule has 9 heteroatoms. The van der Waals surface area contributed by atoms with Crippen molar-refractivity contribution >= 4 is 35.1 Å². The van der Waals surface area contributed by atoms with Crippen molar-refractivity contribution in [2.75, 3.05) is 31.1 Å². The van der Waals surface area contributed by atoms with Crippen LogP contribution in [0, 0.1) is 0 Å². The van der Waals surface area contributed by atoms with Crippen molar-refractivity contribution in [2.24, 2.45) is 0 Å². The van der Waals surface area contributed by atoms with Crippen molar-refractivity contribution in [2.45, 2.75) is 33.0 Å². The van der Waals surface area contributed by atoms with Crippen LogP contribution in [-0.4, -0.2) is 52.7 Å². The molecule has 2 heterocycles. The van der Waals surface area contributed by atoms with E-state index in [4.69, 9.17) is 32.7 Å². The molecule has 0 atom stereocenters. The highest BCUT2D eigenvalue weighted by atomic mass is 35.5. The second kappa shape index (κ2) is 9.05. The Labute approximate surface area is 180 Å². The molecular weight excluding hydrogens is 415 g/mol. The Morgan fingerprint density at radius 1 is 1.17 bits per heavy atom. The summed E-state index contributed by atoms with van der Waals surface area (Å²) in [6, 6.07) is 7.39. The van der Waals surface area contributed by atoms with E-state index in [2.05, 4.69) is 9.97 Å². The Bertz CT molecular complexity index is 865. The summed E-state index contributed by atoms with van der Waals surface area (Å²) in [7, 11) is 0. The molecule has 0 unspecified atom stereocenters. The van der Waals surface area contributed by atoms with E-state index >= 15 is 0 Å². The topological polar surface area (TPSA) is 67.8 Å². The van der Waals surface area contributed by atoms with Gasteiger partial charge >= 0.3 is 6.09 Å². The van der Waals surface area contributed by atoms with Crippen LogP contribution in [0.5, 0.6) is 5.88 Å². The summed E-state index contributed by atoms with van der Waals surface area (Å²) in [6.07, 6.45) is 1.31. The molecule has 0 aliphatic carbocycles. The van der Waals surface area contributed by atoms with Crippen molar-refractivity contribution in [3.05, 3.63) is 46.2 Å². The molecule has 1 fully saturated rings. The number of halogens is 2. The number of amides is 1. The Hall–Kier alpha value is -2.25. The van der Waals surface area contributed by atoms with Gasteiger partial charge in [-0.2, -0.15) is 4.98 Å². The SMILES string of the molecule is CC(C)(C)OC(=O)N1CCN(c2cnc(Cl)c(OCc3cccc(Cl)c3)n2)CC1. The smallest absolute Gasteiger partial charge is 0.410 e. The predicted octanol–water partition coefficient (Wildman–Crippen LogP) is 4.42. The minimum atomic E-state index is -0.509. The van der Waals surface area contributed by atoms with Gasteiger partial charge in [0.2, 0.25) is 0 Å². The fraction of sp³-hybridized carbons (Fsp3) is 0.450. The average molecular weight is 439 g/mol. The van der Waals surface area contributed by atoms with Gasteiger partial charge in [-0.05, 0) is 38.5 Å². The largest absolute Gasteiger partial charge is 0.471 e. The van der Waals surface area contributed by atoms with Crippen LogP contribution in [0.25, 0.3) is 0 Å². The van der Waals surface area contributed by atoms with E-state index < -0.39 is 5.60 Å². The summed E-state index contributed by atoms with van der Waals surface area (Å²) in [5, 5.41) is 0.836. The Kier molecular flexibility index (Phi) is 6.70. The molecule has 1 aromatic heterocycles. The van der Waals surface area contributed by atoms with Crippen molar-refractivity contribution < 1.29 is 14.3 Å². The molecule has 1 saturated heterocycles. The van der Waals surface area contributed by atoms with Gasteiger partial charge in [0, 0.05) is 31.2 Å². The molecule has 1 aliphatic heterocycles. The predicted molar refractivity (Wildman–Crippen MR) is 113 cm³/mol. The number of nitrogens with zero attached hydrogens (tertiary/aromatic N) is 4. The number of carbonyl (C=O) groups is 1. The zero-order valence-corrected chi connectivity index (χ0v) is 18.2. The van der Waals surface area contributed by atoms with Crippen LogP contribution in [-0.2, 0) is 11.3 Å². The molecule has 0 N–H and O–H groups in total. The highest BCUT2D eigenvalue weighted by molar-refractivity contribution is 6.30. The van der Waals surface area contributed by atoms with Crippen LogP contribution >= 0.6 is 23.2 Å². The van der Waals surface area contributed by atoms with Gasteiger partial charge in [-0.1, -0.05) is 35.3 Å². The maximum absolute atomic E-state index is 12.2. The maximum atomic E-state index is 12.2. The van der Waals surface area contributed by atoms with Crippen LogP contribution in [0.4, 0.5) is 10.6 Å². The second-order valence-corrected chi connectivity index (χ2v) is 8.49. The number of carbonyl (C=O) groups excluding carboxylic acids is 1. The van der Waals surface area contributed by atoms with Crippen molar-refractivity contribution in [1.82, 2.24) is 14.9 Å². The fourth-order valence-electron chi connectivity index (χ4n) is 2.82. The van der Waals surface area contributed by atoms with Gasteiger partial charge in [0.05, 0.1) is 6.20 Å². The van der Waals surface area contributed by atoms with Crippen LogP contribution in [0.3, 0.4) is 0 Å². The molecule has 3 rings (SSSR count). The van der Waals surface area contributed by atoms with Gasteiger partial charge in [-0.15, -0.1) is 0 Å². The lowest BCUT2D eigenvalue weighted by Gasteiger charge is -2.36. The van der Waals surface area contributed by atoms with E-state index in [1.54, 1.807) is 17.2 Å². The first-order valence-corrected chi connectivity index (χ1v) is 10.1. The quantitative estimate of drug-likeness (QED) is 0.703. The number of aromatic nitrogens is 2. The standard InChI is InChI=1S/C20H24Cl2N4O3/c1-20(2,3)29-19(27)26-9-7-25(8-10-26)16-12-23-17(22)18(24-16)28-13-14-5-4-6-15(21)11-14/h4-6,11-12H,7-10,13H2,1-3H3. The highest BCUT2D eigenvalue weighted by Crippen LogP contribution is 2.25. The number of piperazine rings is 1. The first-order chi connectivity index (χ1) is 13.7. The molecule has 29 heavy (non-hydrogen) atoms. The van der Waals surface area contributed by atoms with Gasteiger partial charge in [-0.3, -0.25) is 0 Å². The van der Waals surface area contributed by atoms with E-state index in [1.807, 2.05) is 43.9 Å². The lowest BCUT2D eigenvalue weighted by molar-refractivity contribution is 0.0240. The van der Waals surface area contributed by atoms with Gasteiger partial charge in [0.15, 0.2) is 11.0 Å². The number of rotatable bonds is 4. The molecule has 0 bridgehead atoms. The van der Waals surface area contributed by atoms with E-state index in [-0.39, 0.29) is 23.7 Å². The highest BCUT2D eigenvalue weighted by Gasteiger charge is 2.26. The molecule has 1 aliphatic rings. The number of ether oxygens (including phenoxy) is 2. The molecule has 0 radical (unpaired) electrons. The average Bonchev–Trinajstić information content (AvgIpc) is 2.66. The van der Waals surface area contributed by atoms with Crippen molar-refractivity contribution in [3.63, 3.8) is 0 Å². The van der Waals surface area contributed by atoms with Crippen LogP contribution in [0.15, 0.2) is 30.5 Å². The second-order valence-electron chi connectivity index (χ2n) is 7.70. The summed E-state index contributed by atoms with van der Waals surface area (Å²) < 4.78 is 11.2. The summed E-state index contributed by atoms with van der Waals surface area (Å²) in [5.74, 6) is 0.915. The maximum Gasteiger partial charge on any atom is 0.410 e. The number of benzene rings is 1. The molecule has 7 nitrogen and oxygen atoms in total. The summed E-state index contributed by atoms with van der Waals surface area (Å²) in [5.41, 5.74) is 0.400. The monoisotopic (exact) mass is 438 g/mol. The summed E-state index contributed by atoms with van der Waals surface area (Å²) in [6.45, 7) is 8.16. The third-order valence-electron chi connectivity index (χ3n) is 4.21. The van der Waals surface area contributed by atoms with Gasteiger partial charge in [-0.25, -0.2) is 9.78 Å². The van der Waals surface area contributed by atoms with Gasteiger partial charge < -0.3 is 19.3 Å². The first-order valence-electron chi connectivity index (χ1n) is 9.34. The van der Waals surface area contributed by atoms with E-state index in [9.17, 15) is 4.79 Å². The molecule has 0 saturated carbocycles. The van der Waals surface area contributed by atoms with Crippen LogP contribution < -0.4 is 9.64 Å². The normalized spacial score (nSPS) is 14.7. The third kappa shape index (κ3) is 6.11. The molecule has 2 aromatic rings. The van der Waals surface area contributed by atoms with Gasteiger partial charge in [0.1, 0.15) is 12.2 Å². The minimum Gasteiger partial charge on any atom is -0.471 e. The third-order valence-corrected chi connectivity index (χ3v) is 4.70. The van der Waals surface area contributed by atoms with E-state index in [1.165, 1.54) is 0 Å². The molecule has 1 amide bonds. The lowest BCUT2D eigenvalue weighted by atomic mass is 10.2. The van der Waals surface area contributed by atoms with Gasteiger partial charge in [0.25, 0.3) is 5.88 Å². The Balaban J connectivity index is 1.60. The summed E-state index contributed by atoms with van der Waals surface area (Å²) in [4.78, 5) is 24.6. The minimum absolute atomic E-state index is 0.197. The molecular formula is C20H24Cl2N4O3. The summed E-state index contributed by atoms with van der Waals surface area (Å²) >= 11 is 12.1. The van der Waals surface area contributed by atoms with Crippen LogP contribution in [0.2, 0.25) is 10.2 Å². The number of hydrogen-bond acceptors (Lipinski definition) is 6. The van der Waals surface area contributed by atoms with Crippen molar-refractivity contribution in [1.29, 1.82) is 0 Å². The Morgan fingerprint density at radius 3 is 2.55 bits per heavy atom. The molecule has 1 aromatic carbocycles. The lowest BCUT2D eigenvalue weighted by Crippen LogP contribution is -2.50. The van der Waals surface area contributed by atoms with E-state index in [0.717, 1.165) is 5.56 Å². The fourth-order valence-corrected chi connectivity index (χ4v) is 3.17. The number of anilines is 1. The van der Waals surface area contributed by atoms with E-state index in [0.29, 0.717) is 37.0 Å². The Morgan fingerprint density at radius 2 is 1.90 bits per heavy atom. The van der Waals surface area contributed by atoms with Crippen LogP contribution in [0.1, 0.15) is 26.3 Å².